The molecule has 0 aromatic carbocycles. The predicted octanol–water partition coefficient (Wildman–Crippen LogP) is 1.82. The molecule has 0 radical (unpaired) electrons. The van der Waals surface area contributed by atoms with Gasteiger partial charge in [0.05, 0.1) is 4.92 Å². The Morgan fingerprint density at radius 1 is 1.26 bits per heavy atom. The molecule has 1 aromatic heterocycles. The lowest BCUT2D eigenvalue weighted by atomic mass is 9.73. The fraction of sp³-hybridized carbons (Fsp3) is 0.706. The molecule has 0 bridgehead atoms. The molecule has 10 nitrogen and oxygen atoms in total. The molecule has 148 valence electrons. The van der Waals surface area contributed by atoms with Gasteiger partial charge >= 0.3 is 5.69 Å². The number of amides is 1. The van der Waals surface area contributed by atoms with Crippen LogP contribution in [0.3, 0.4) is 0 Å². The van der Waals surface area contributed by atoms with Gasteiger partial charge in [0, 0.05) is 30.7 Å². The fourth-order valence-electron chi connectivity index (χ4n) is 3.55. The molecule has 1 aromatic rings. The van der Waals surface area contributed by atoms with Gasteiger partial charge in [0.25, 0.3) is 0 Å². The first-order chi connectivity index (χ1) is 12.9. The minimum Gasteiger partial charge on any atom is -0.381 e. The largest absolute Gasteiger partial charge is 0.381 e. The van der Waals surface area contributed by atoms with Gasteiger partial charge in [0.2, 0.25) is 17.7 Å². The van der Waals surface area contributed by atoms with Crippen molar-refractivity contribution in [2.24, 2.45) is 11.1 Å². The number of aromatic nitrogens is 2. The lowest BCUT2D eigenvalue weighted by Gasteiger charge is -2.35. The van der Waals surface area contributed by atoms with Gasteiger partial charge in [0.15, 0.2) is 0 Å². The molecule has 1 aliphatic carbocycles. The Hall–Kier alpha value is -2.49. The van der Waals surface area contributed by atoms with Crippen molar-refractivity contribution in [3.05, 3.63) is 16.3 Å². The summed E-state index contributed by atoms with van der Waals surface area (Å²) in [4.78, 5) is 30.9. The summed E-state index contributed by atoms with van der Waals surface area (Å²) in [5.41, 5.74) is 4.82. The van der Waals surface area contributed by atoms with Crippen LogP contribution >= 0.6 is 0 Å². The monoisotopic (exact) mass is 378 g/mol. The van der Waals surface area contributed by atoms with Crippen molar-refractivity contribution in [3.63, 3.8) is 0 Å². The van der Waals surface area contributed by atoms with Crippen molar-refractivity contribution in [2.45, 2.75) is 57.5 Å². The minimum atomic E-state index is -0.508. The number of nitro groups is 1. The average Bonchev–Trinajstić information content (AvgIpc) is 2.64. The Labute approximate surface area is 157 Å². The van der Waals surface area contributed by atoms with Gasteiger partial charge in [-0.15, -0.1) is 0 Å². The van der Waals surface area contributed by atoms with Gasteiger partial charge in [-0.3, -0.25) is 14.9 Å². The smallest absolute Gasteiger partial charge is 0.329 e. The van der Waals surface area contributed by atoms with E-state index in [1.807, 2.05) is 6.92 Å². The highest BCUT2D eigenvalue weighted by atomic mass is 16.6. The second-order valence-electron chi connectivity index (χ2n) is 7.56. The first kappa shape index (κ1) is 19.3. The molecule has 2 heterocycles. The molecule has 2 fully saturated rings. The van der Waals surface area contributed by atoms with Crippen molar-refractivity contribution in [2.75, 3.05) is 23.8 Å². The number of anilines is 2. The summed E-state index contributed by atoms with van der Waals surface area (Å²) in [5.74, 6) is 0.280. The lowest BCUT2D eigenvalue weighted by Crippen LogP contribution is -2.40. The van der Waals surface area contributed by atoms with E-state index in [0.29, 0.717) is 44.8 Å². The second kappa shape index (κ2) is 8.03. The van der Waals surface area contributed by atoms with Gasteiger partial charge < -0.3 is 21.1 Å². The third kappa shape index (κ3) is 4.62. The van der Waals surface area contributed by atoms with Crippen LogP contribution in [0.5, 0.6) is 0 Å². The third-order valence-corrected chi connectivity index (χ3v) is 5.55. The maximum Gasteiger partial charge on any atom is 0.329 e. The first-order valence-corrected chi connectivity index (χ1v) is 9.29. The van der Waals surface area contributed by atoms with Crippen molar-refractivity contribution < 1.29 is 14.5 Å². The molecule has 1 saturated carbocycles. The van der Waals surface area contributed by atoms with Crippen LogP contribution in [0.15, 0.2) is 6.20 Å². The van der Waals surface area contributed by atoms with E-state index >= 15 is 0 Å². The number of hydrogen-bond donors (Lipinski definition) is 3. The van der Waals surface area contributed by atoms with E-state index in [2.05, 4.69) is 20.6 Å². The quantitative estimate of drug-likeness (QED) is 0.502. The number of primary amides is 1. The zero-order valence-corrected chi connectivity index (χ0v) is 15.4. The highest BCUT2D eigenvalue weighted by molar-refractivity contribution is 5.80. The van der Waals surface area contributed by atoms with E-state index in [9.17, 15) is 14.9 Å². The normalized spacial score (nSPS) is 26.3. The SMILES string of the molecule is C[C@]1(C(N)=O)CC[C@@H](Nc2nc(NC3CCOCC3)ncc2[N+](=O)[O-])CC1. The average molecular weight is 378 g/mol. The predicted molar refractivity (Wildman–Crippen MR) is 99.3 cm³/mol. The Kier molecular flexibility index (Phi) is 5.73. The van der Waals surface area contributed by atoms with Gasteiger partial charge in [-0.1, -0.05) is 6.92 Å². The van der Waals surface area contributed by atoms with Crippen molar-refractivity contribution in [1.82, 2.24) is 9.97 Å². The standard InChI is InChI=1S/C17H26N6O4/c1-17(15(18)24)6-2-11(3-7-17)20-14-13(23(25)26)10-19-16(22-14)21-12-4-8-27-9-5-12/h10-12H,2-9H2,1H3,(H2,18,24)(H2,19,20,21,22)/t11-,17+. The molecule has 1 aliphatic heterocycles. The number of nitrogens with zero attached hydrogens (tertiary/aromatic N) is 3. The summed E-state index contributed by atoms with van der Waals surface area (Å²) in [6, 6.07) is 0.195. The highest BCUT2D eigenvalue weighted by Gasteiger charge is 2.36. The van der Waals surface area contributed by atoms with Crippen molar-refractivity contribution in [3.8, 4) is 0 Å². The Bertz CT molecular complexity index is 699. The maximum atomic E-state index is 11.6. The van der Waals surface area contributed by atoms with E-state index in [4.69, 9.17) is 10.5 Å². The second-order valence-corrected chi connectivity index (χ2v) is 7.56. The minimum absolute atomic E-state index is 0.00181. The van der Waals surface area contributed by atoms with Crippen LogP contribution in [0.2, 0.25) is 0 Å². The van der Waals surface area contributed by atoms with E-state index in [1.54, 1.807) is 0 Å². The number of nitrogens with two attached hydrogens (primary N) is 1. The van der Waals surface area contributed by atoms with E-state index in [0.717, 1.165) is 12.8 Å². The van der Waals surface area contributed by atoms with E-state index < -0.39 is 10.3 Å². The Morgan fingerprint density at radius 3 is 2.48 bits per heavy atom. The van der Waals surface area contributed by atoms with Crippen LogP contribution in [0.1, 0.15) is 45.4 Å². The summed E-state index contributed by atoms with van der Waals surface area (Å²) >= 11 is 0. The molecule has 1 amide bonds. The summed E-state index contributed by atoms with van der Waals surface area (Å²) in [7, 11) is 0. The molecule has 4 N–H and O–H groups in total. The summed E-state index contributed by atoms with van der Waals surface area (Å²) in [5, 5.41) is 17.7. The molecule has 10 heteroatoms. The summed E-state index contributed by atoms with van der Waals surface area (Å²) in [6.07, 6.45) is 5.60. The molecule has 0 spiro atoms. The fourth-order valence-corrected chi connectivity index (χ4v) is 3.55. The van der Waals surface area contributed by atoms with Gasteiger partial charge in [-0.25, -0.2) is 4.98 Å². The number of carbonyl (C=O) groups is 1. The van der Waals surface area contributed by atoms with Crippen LogP contribution in [0.4, 0.5) is 17.5 Å². The molecule has 0 atom stereocenters. The van der Waals surface area contributed by atoms with Gasteiger partial charge in [-0.2, -0.15) is 4.98 Å². The lowest BCUT2D eigenvalue weighted by molar-refractivity contribution is -0.384. The van der Waals surface area contributed by atoms with Crippen LogP contribution in [-0.4, -0.2) is 46.1 Å². The van der Waals surface area contributed by atoms with Gasteiger partial charge in [-0.05, 0) is 38.5 Å². The maximum absolute atomic E-state index is 11.6. The molecular weight excluding hydrogens is 352 g/mol. The zero-order chi connectivity index (χ0) is 19.4. The van der Waals surface area contributed by atoms with E-state index in [-0.39, 0.29) is 29.5 Å². The first-order valence-electron chi connectivity index (χ1n) is 9.29. The number of ether oxygens (including phenoxy) is 1. The molecule has 27 heavy (non-hydrogen) atoms. The van der Waals surface area contributed by atoms with Crippen LogP contribution < -0.4 is 16.4 Å². The van der Waals surface area contributed by atoms with Crippen LogP contribution in [0, 0.1) is 15.5 Å². The highest BCUT2D eigenvalue weighted by Crippen LogP contribution is 2.37. The van der Waals surface area contributed by atoms with Crippen molar-refractivity contribution >= 4 is 23.4 Å². The molecule has 2 aliphatic rings. The molecule has 1 saturated heterocycles. The molecule has 3 rings (SSSR count). The Morgan fingerprint density at radius 2 is 1.89 bits per heavy atom. The van der Waals surface area contributed by atoms with Gasteiger partial charge in [0.1, 0.15) is 6.20 Å². The zero-order valence-electron chi connectivity index (χ0n) is 15.4. The topological polar surface area (TPSA) is 145 Å². The van der Waals surface area contributed by atoms with Crippen molar-refractivity contribution in [1.29, 1.82) is 0 Å². The number of nitrogens with one attached hydrogen (secondary N) is 2. The van der Waals surface area contributed by atoms with Crippen LogP contribution in [-0.2, 0) is 9.53 Å². The Balaban J connectivity index is 1.70. The summed E-state index contributed by atoms with van der Waals surface area (Å²) < 4.78 is 5.33. The number of rotatable bonds is 6. The molecular formula is C17H26N6O4. The summed E-state index contributed by atoms with van der Waals surface area (Å²) in [6.45, 7) is 3.22. The molecule has 0 unspecified atom stereocenters. The number of carbonyl (C=O) groups excluding carboxylic acids is 1. The third-order valence-electron chi connectivity index (χ3n) is 5.55. The van der Waals surface area contributed by atoms with Crippen LogP contribution in [0.25, 0.3) is 0 Å². The number of hydrogen-bond acceptors (Lipinski definition) is 8. The van der Waals surface area contributed by atoms with E-state index in [1.165, 1.54) is 6.20 Å².